The van der Waals surface area contributed by atoms with E-state index in [2.05, 4.69) is 15.9 Å². The summed E-state index contributed by atoms with van der Waals surface area (Å²) >= 11 is 3.10. The molecular weight excluding hydrogens is 337 g/mol. The lowest BCUT2D eigenvalue weighted by atomic mass is 10.2. The van der Waals surface area contributed by atoms with Gasteiger partial charge in [0.05, 0.1) is 0 Å². The molecule has 0 saturated carbocycles. The lowest BCUT2D eigenvalue weighted by molar-refractivity contribution is 0.112. The predicted molar refractivity (Wildman–Crippen MR) is 70.2 cm³/mol. The number of halogens is 4. The summed E-state index contributed by atoms with van der Waals surface area (Å²) in [5.74, 6) is -3.21. The molecule has 0 amide bonds. The van der Waals surface area contributed by atoms with E-state index in [9.17, 15) is 18.0 Å². The van der Waals surface area contributed by atoms with Crippen molar-refractivity contribution in [1.29, 1.82) is 0 Å². The van der Waals surface area contributed by atoms with Gasteiger partial charge in [0.2, 0.25) is 0 Å². The zero-order chi connectivity index (χ0) is 14.7. The van der Waals surface area contributed by atoms with Crippen molar-refractivity contribution >= 4 is 22.2 Å². The number of hydrogen-bond acceptors (Lipinski definition) is 2. The average Bonchev–Trinajstić information content (AvgIpc) is 2.39. The molecule has 0 spiro atoms. The molecule has 0 radical (unpaired) electrons. The SMILES string of the molecule is O=Cc1cc(F)c(OCc2ccc(Br)cc2F)c(F)c1. The van der Waals surface area contributed by atoms with Crippen LogP contribution in [0.1, 0.15) is 15.9 Å². The molecule has 0 atom stereocenters. The topological polar surface area (TPSA) is 26.3 Å². The number of hydrogen-bond donors (Lipinski definition) is 0. The van der Waals surface area contributed by atoms with Crippen molar-refractivity contribution in [1.82, 2.24) is 0 Å². The molecule has 0 aliphatic heterocycles. The second-order valence-electron chi connectivity index (χ2n) is 3.96. The summed E-state index contributed by atoms with van der Waals surface area (Å²) in [5, 5.41) is 0. The van der Waals surface area contributed by atoms with E-state index in [-0.39, 0.29) is 17.7 Å². The van der Waals surface area contributed by atoms with Crippen LogP contribution in [0.15, 0.2) is 34.8 Å². The van der Waals surface area contributed by atoms with Gasteiger partial charge in [0, 0.05) is 15.6 Å². The first-order valence-corrected chi connectivity index (χ1v) is 6.31. The first-order chi connectivity index (χ1) is 9.51. The minimum atomic E-state index is -1.01. The van der Waals surface area contributed by atoms with Crippen molar-refractivity contribution in [2.24, 2.45) is 0 Å². The Kier molecular flexibility index (Phi) is 4.44. The highest BCUT2D eigenvalue weighted by Gasteiger charge is 2.13. The van der Waals surface area contributed by atoms with Gasteiger partial charge in [-0.2, -0.15) is 0 Å². The Bertz CT molecular complexity index is 636. The zero-order valence-electron chi connectivity index (χ0n) is 10.00. The number of carbonyl (C=O) groups excluding carboxylic acids is 1. The van der Waals surface area contributed by atoms with Gasteiger partial charge in [-0.1, -0.05) is 22.0 Å². The van der Waals surface area contributed by atoms with Gasteiger partial charge < -0.3 is 4.74 Å². The van der Waals surface area contributed by atoms with Crippen LogP contribution in [0.2, 0.25) is 0 Å². The summed E-state index contributed by atoms with van der Waals surface area (Å²) in [6.45, 7) is -0.326. The summed E-state index contributed by atoms with van der Waals surface area (Å²) in [7, 11) is 0. The van der Waals surface area contributed by atoms with Crippen LogP contribution in [0.3, 0.4) is 0 Å². The van der Waals surface area contributed by atoms with Crippen molar-refractivity contribution in [2.75, 3.05) is 0 Å². The minimum absolute atomic E-state index is 0.137. The van der Waals surface area contributed by atoms with Crippen molar-refractivity contribution in [2.45, 2.75) is 6.61 Å². The second kappa shape index (κ2) is 6.09. The van der Waals surface area contributed by atoms with Crippen LogP contribution in [0.5, 0.6) is 5.75 Å². The van der Waals surface area contributed by atoms with Gasteiger partial charge in [0.15, 0.2) is 17.4 Å². The van der Waals surface area contributed by atoms with Crippen LogP contribution in [-0.2, 0) is 6.61 Å². The van der Waals surface area contributed by atoms with Gasteiger partial charge in [-0.3, -0.25) is 4.79 Å². The van der Waals surface area contributed by atoms with Crippen LogP contribution in [0.4, 0.5) is 13.2 Å². The van der Waals surface area contributed by atoms with Crippen LogP contribution in [-0.4, -0.2) is 6.29 Å². The Morgan fingerprint density at radius 3 is 2.25 bits per heavy atom. The molecule has 20 heavy (non-hydrogen) atoms. The quantitative estimate of drug-likeness (QED) is 0.774. The molecular formula is C14H8BrF3O2. The minimum Gasteiger partial charge on any atom is -0.483 e. The number of carbonyl (C=O) groups is 1. The molecule has 0 aromatic heterocycles. The van der Waals surface area contributed by atoms with Gasteiger partial charge in [0.1, 0.15) is 18.7 Å². The maximum atomic E-state index is 13.5. The summed E-state index contributed by atoms with van der Waals surface area (Å²) in [4.78, 5) is 10.4. The van der Waals surface area contributed by atoms with E-state index in [1.807, 2.05) is 0 Å². The van der Waals surface area contributed by atoms with E-state index in [1.54, 1.807) is 6.07 Å². The Hall–Kier alpha value is -1.82. The molecule has 2 rings (SSSR count). The fraction of sp³-hybridized carbons (Fsp3) is 0.0714. The van der Waals surface area contributed by atoms with Crippen LogP contribution >= 0.6 is 15.9 Å². The summed E-state index contributed by atoms with van der Waals surface area (Å²) in [5.41, 5.74) is 0.0219. The molecule has 0 N–H and O–H groups in total. The normalized spacial score (nSPS) is 10.4. The Morgan fingerprint density at radius 2 is 1.70 bits per heavy atom. The van der Waals surface area contributed by atoms with Gasteiger partial charge in [-0.05, 0) is 24.3 Å². The molecule has 0 aliphatic carbocycles. The summed E-state index contributed by atoms with van der Waals surface area (Å²) in [6.07, 6.45) is 0.324. The van der Waals surface area contributed by atoms with Gasteiger partial charge >= 0.3 is 0 Å². The number of benzene rings is 2. The second-order valence-corrected chi connectivity index (χ2v) is 4.87. The Morgan fingerprint density at radius 1 is 1.05 bits per heavy atom. The van der Waals surface area contributed by atoms with Crippen molar-refractivity contribution in [3.05, 3.63) is 63.4 Å². The lowest BCUT2D eigenvalue weighted by Crippen LogP contribution is -2.02. The third-order valence-corrected chi connectivity index (χ3v) is 3.04. The van der Waals surface area contributed by atoms with E-state index >= 15 is 0 Å². The molecule has 2 nitrogen and oxygen atoms in total. The molecule has 0 fully saturated rings. The molecule has 2 aromatic rings. The zero-order valence-corrected chi connectivity index (χ0v) is 11.6. The molecule has 0 heterocycles. The first-order valence-electron chi connectivity index (χ1n) is 5.52. The predicted octanol–water partition coefficient (Wildman–Crippen LogP) is 4.26. The Labute approximate surface area is 121 Å². The lowest BCUT2D eigenvalue weighted by Gasteiger charge is -2.09. The molecule has 2 aromatic carbocycles. The Balaban J connectivity index is 2.21. The molecule has 0 bridgehead atoms. The molecule has 0 aliphatic rings. The van der Waals surface area contributed by atoms with Crippen LogP contribution in [0, 0.1) is 17.5 Å². The number of aldehydes is 1. The largest absolute Gasteiger partial charge is 0.483 e. The highest BCUT2D eigenvalue weighted by Crippen LogP contribution is 2.24. The monoisotopic (exact) mass is 344 g/mol. The van der Waals surface area contributed by atoms with Crippen molar-refractivity contribution < 1.29 is 22.7 Å². The standard InChI is InChI=1S/C14H8BrF3O2/c15-10-2-1-9(11(16)5-10)7-20-14-12(17)3-8(6-19)4-13(14)18/h1-6H,7H2. The van der Waals surface area contributed by atoms with E-state index in [4.69, 9.17) is 4.74 Å². The number of rotatable bonds is 4. The maximum Gasteiger partial charge on any atom is 0.191 e. The molecule has 0 unspecified atom stereocenters. The van der Waals surface area contributed by atoms with E-state index in [1.165, 1.54) is 12.1 Å². The maximum absolute atomic E-state index is 13.5. The summed E-state index contributed by atoms with van der Waals surface area (Å²) < 4.78 is 46.1. The highest BCUT2D eigenvalue weighted by atomic mass is 79.9. The van der Waals surface area contributed by atoms with Gasteiger partial charge in [0.25, 0.3) is 0 Å². The number of ether oxygens (including phenoxy) is 1. The molecule has 6 heteroatoms. The van der Waals surface area contributed by atoms with E-state index in [0.29, 0.717) is 10.8 Å². The fourth-order valence-corrected chi connectivity index (χ4v) is 1.91. The molecule has 0 saturated heterocycles. The molecule has 104 valence electrons. The van der Waals surface area contributed by atoms with Gasteiger partial charge in [-0.15, -0.1) is 0 Å². The van der Waals surface area contributed by atoms with Gasteiger partial charge in [-0.25, -0.2) is 13.2 Å². The average molecular weight is 345 g/mol. The fourth-order valence-electron chi connectivity index (χ4n) is 1.57. The van der Waals surface area contributed by atoms with Crippen LogP contribution in [0.25, 0.3) is 0 Å². The smallest absolute Gasteiger partial charge is 0.191 e. The van der Waals surface area contributed by atoms with E-state index in [0.717, 1.165) is 12.1 Å². The first kappa shape index (κ1) is 14.6. The van der Waals surface area contributed by atoms with Crippen LogP contribution < -0.4 is 4.74 Å². The summed E-state index contributed by atoms with van der Waals surface area (Å²) in [6, 6.07) is 5.95. The van der Waals surface area contributed by atoms with E-state index < -0.39 is 23.2 Å². The van der Waals surface area contributed by atoms with Crippen molar-refractivity contribution in [3.63, 3.8) is 0 Å². The highest BCUT2D eigenvalue weighted by molar-refractivity contribution is 9.10. The third-order valence-electron chi connectivity index (χ3n) is 2.54. The van der Waals surface area contributed by atoms with Crippen molar-refractivity contribution in [3.8, 4) is 5.75 Å². The third kappa shape index (κ3) is 3.19.